The van der Waals surface area contributed by atoms with E-state index in [9.17, 15) is 18.0 Å². The molecule has 1 heterocycles. The van der Waals surface area contributed by atoms with E-state index in [0.29, 0.717) is 28.6 Å². The molecular weight excluding hydrogens is 578 g/mol. The van der Waals surface area contributed by atoms with Crippen LogP contribution in [0.15, 0.2) is 65.6 Å². The number of benzene rings is 3. The van der Waals surface area contributed by atoms with E-state index >= 15 is 0 Å². The third-order valence-corrected chi connectivity index (χ3v) is 9.55. The highest BCUT2D eigenvalue weighted by atomic mass is 35.5. The average Bonchev–Trinajstić information content (AvgIpc) is 3.55. The van der Waals surface area contributed by atoms with Crippen LogP contribution in [0.4, 0.5) is 10.5 Å². The highest BCUT2D eigenvalue weighted by molar-refractivity contribution is 7.90. The zero-order chi connectivity index (χ0) is 30.0. The fourth-order valence-electron chi connectivity index (χ4n) is 5.36. The average molecular weight is 610 g/mol. The number of nitrogens with one attached hydrogen (secondary N) is 2. The predicted octanol–water partition coefficient (Wildman–Crippen LogP) is 6.35. The third kappa shape index (κ3) is 6.10. The number of nitrogens with zero attached hydrogens (tertiary/aromatic N) is 1. The minimum absolute atomic E-state index is 0.0354. The number of hydrogen-bond acceptors (Lipinski definition) is 6. The summed E-state index contributed by atoms with van der Waals surface area (Å²) in [6.45, 7) is 1.66. The highest BCUT2D eigenvalue weighted by Gasteiger charge is 2.23. The van der Waals surface area contributed by atoms with Gasteiger partial charge >= 0.3 is 6.09 Å². The van der Waals surface area contributed by atoms with E-state index in [1.54, 1.807) is 43.3 Å². The quantitative estimate of drug-likeness (QED) is 0.240. The Morgan fingerprint density at radius 2 is 1.79 bits per heavy atom. The van der Waals surface area contributed by atoms with Gasteiger partial charge < -0.3 is 14.0 Å². The Bertz CT molecular complexity index is 1780. The van der Waals surface area contributed by atoms with Gasteiger partial charge in [0.2, 0.25) is 0 Å². The van der Waals surface area contributed by atoms with Crippen LogP contribution in [0.3, 0.4) is 0 Å². The molecule has 0 unspecified atom stereocenters. The van der Waals surface area contributed by atoms with Crippen molar-refractivity contribution in [2.75, 3.05) is 12.4 Å². The van der Waals surface area contributed by atoms with Gasteiger partial charge in [-0.3, -0.25) is 10.1 Å². The molecule has 5 rings (SSSR count). The van der Waals surface area contributed by atoms with Crippen molar-refractivity contribution < 1.29 is 27.5 Å². The summed E-state index contributed by atoms with van der Waals surface area (Å²) in [5.74, 6) is -0.370. The van der Waals surface area contributed by atoms with Crippen molar-refractivity contribution in [2.24, 2.45) is 7.05 Å². The largest absolute Gasteiger partial charge is 0.496 e. The standard InChI is InChI=1S/C31H32ClN3O6S/c1-19-8-4-7-11-28(19)42(38,39)34-30(36)21-13-12-20(27(17-21)40-3)16-25-24-18-22(14-15-26(24)35(2)29(25)32)33-31(37)41-23-9-5-6-10-23/h4,7-8,11-15,17-18,23H,5-6,9-10,16H2,1-3H3,(H,33,37)(H,34,36). The molecule has 2 amide bonds. The van der Waals surface area contributed by atoms with Crippen molar-refractivity contribution in [3.05, 3.63) is 88.1 Å². The van der Waals surface area contributed by atoms with Crippen molar-refractivity contribution in [1.82, 2.24) is 9.29 Å². The Labute approximate surface area is 249 Å². The first-order valence-electron chi connectivity index (χ1n) is 13.6. The van der Waals surface area contributed by atoms with Gasteiger partial charge in [0.15, 0.2) is 0 Å². The lowest BCUT2D eigenvalue weighted by molar-refractivity contribution is 0.0980. The number of ether oxygens (including phenoxy) is 2. The summed E-state index contributed by atoms with van der Waals surface area (Å²) >= 11 is 6.76. The van der Waals surface area contributed by atoms with Crippen molar-refractivity contribution in [2.45, 2.75) is 50.0 Å². The van der Waals surface area contributed by atoms with Crippen LogP contribution in [-0.4, -0.2) is 38.2 Å². The molecular formula is C31H32ClN3O6S. The molecule has 2 N–H and O–H groups in total. The minimum atomic E-state index is -4.06. The van der Waals surface area contributed by atoms with Crippen molar-refractivity contribution in [3.8, 4) is 5.75 Å². The van der Waals surface area contributed by atoms with Crippen LogP contribution in [0.25, 0.3) is 10.9 Å². The van der Waals surface area contributed by atoms with Crippen LogP contribution >= 0.6 is 11.6 Å². The molecule has 1 aromatic heterocycles. The monoisotopic (exact) mass is 609 g/mol. The number of methoxy groups -OCH3 is 1. The number of anilines is 1. The van der Waals surface area contributed by atoms with Crippen LogP contribution in [-0.2, 0) is 28.2 Å². The Hall–Kier alpha value is -4.02. The molecule has 220 valence electrons. The Balaban J connectivity index is 1.38. The molecule has 0 atom stereocenters. The molecule has 9 nitrogen and oxygen atoms in total. The smallest absolute Gasteiger partial charge is 0.411 e. The van der Waals surface area contributed by atoms with Gasteiger partial charge in [-0.2, -0.15) is 0 Å². The molecule has 1 fully saturated rings. The zero-order valence-corrected chi connectivity index (χ0v) is 25.1. The number of aryl methyl sites for hydroxylation is 2. The SMILES string of the molecule is COc1cc(C(=O)NS(=O)(=O)c2ccccc2C)ccc1Cc1c(Cl)n(C)c2ccc(NC(=O)OC3CCCC3)cc12. The summed E-state index contributed by atoms with van der Waals surface area (Å²) in [6.07, 6.45) is 3.74. The van der Waals surface area contributed by atoms with Crippen LogP contribution in [0.1, 0.15) is 52.7 Å². The second-order valence-electron chi connectivity index (χ2n) is 10.4. The molecule has 3 aromatic carbocycles. The van der Waals surface area contributed by atoms with Crippen molar-refractivity contribution in [1.29, 1.82) is 0 Å². The van der Waals surface area contributed by atoms with E-state index < -0.39 is 22.0 Å². The number of aromatic nitrogens is 1. The number of hydrogen-bond donors (Lipinski definition) is 2. The molecule has 0 saturated heterocycles. The second kappa shape index (κ2) is 12.1. The molecule has 1 aliphatic carbocycles. The maximum Gasteiger partial charge on any atom is 0.411 e. The molecule has 0 aliphatic heterocycles. The molecule has 0 radical (unpaired) electrons. The van der Waals surface area contributed by atoms with E-state index in [4.69, 9.17) is 21.1 Å². The van der Waals surface area contributed by atoms with Gasteiger partial charge in [-0.05, 0) is 80.1 Å². The van der Waals surface area contributed by atoms with Gasteiger partial charge in [-0.15, -0.1) is 0 Å². The van der Waals surface area contributed by atoms with E-state index in [1.807, 2.05) is 23.7 Å². The van der Waals surface area contributed by atoms with E-state index in [-0.39, 0.29) is 16.6 Å². The summed E-state index contributed by atoms with van der Waals surface area (Å²) in [5, 5.41) is 4.18. The fourth-order valence-corrected chi connectivity index (χ4v) is 6.84. The highest BCUT2D eigenvalue weighted by Crippen LogP contribution is 2.35. The molecule has 1 saturated carbocycles. The number of sulfonamides is 1. The number of halogens is 1. The molecule has 11 heteroatoms. The number of amides is 2. The van der Waals surface area contributed by atoms with Gasteiger partial charge in [0.05, 0.1) is 12.0 Å². The van der Waals surface area contributed by atoms with E-state index in [1.165, 1.54) is 19.2 Å². The number of rotatable bonds is 8. The van der Waals surface area contributed by atoms with Crippen LogP contribution in [0.5, 0.6) is 5.75 Å². The maximum absolute atomic E-state index is 12.9. The van der Waals surface area contributed by atoms with Crippen LogP contribution in [0, 0.1) is 6.92 Å². The van der Waals surface area contributed by atoms with E-state index in [2.05, 4.69) is 10.0 Å². The summed E-state index contributed by atoms with van der Waals surface area (Å²) < 4.78 is 40.8. The van der Waals surface area contributed by atoms with Crippen molar-refractivity contribution >= 4 is 50.2 Å². The first-order chi connectivity index (χ1) is 20.1. The lowest BCUT2D eigenvalue weighted by Crippen LogP contribution is -2.31. The molecule has 4 aromatic rings. The number of carbonyl (C=O) groups is 2. The van der Waals surface area contributed by atoms with Crippen molar-refractivity contribution in [3.63, 3.8) is 0 Å². The van der Waals surface area contributed by atoms with E-state index in [0.717, 1.165) is 47.7 Å². The molecule has 0 spiro atoms. The van der Waals surface area contributed by atoms with Gasteiger partial charge in [0.25, 0.3) is 15.9 Å². The Morgan fingerprint density at radius 1 is 1.05 bits per heavy atom. The molecule has 42 heavy (non-hydrogen) atoms. The predicted molar refractivity (Wildman–Crippen MR) is 162 cm³/mol. The first-order valence-corrected chi connectivity index (χ1v) is 15.5. The summed E-state index contributed by atoms with van der Waals surface area (Å²) in [7, 11) is -0.727. The number of carbonyl (C=O) groups excluding carboxylic acids is 2. The first kappa shape index (κ1) is 29.5. The topological polar surface area (TPSA) is 116 Å². The van der Waals surface area contributed by atoms with Gasteiger partial charge in [-0.1, -0.05) is 35.9 Å². The van der Waals surface area contributed by atoms with Gasteiger partial charge in [-0.25, -0.2) is 17.9 Å². The second-order valence-corrected chi connectivity index (χ2v) is 12.4. The summed E-state index contributed by atoms with van der Waals surface area (Å²) in [5.41, 5.74) is 3.67. The Kier molecular flexibility index (Phi) is 8.47. The Morgan fingerprint density at radius 3 is 2.50 bits per heavy atom. The molecule has 1 aliphatic rings. The number of fused-ring (bicyclic) bond motifs is 1. The minimum Gasteiger partial charge on any atom is -0.496 e. The lowest BCUT2D eigenvalue weighted by atomic mass is 10.0. The summed E-state index contributed by atoms with van der Waals surface area (Å²) in [6, 6.07) is 16.7. The zero-order valence-electron chi connectivity index (χ0n) is 23.6. The molecule has 0 bridgehead atoms. The van der Waals surface area contributed by atoms with Crippen LogP contribution in [0.2, 0.25) is 5.15 Å². The normalized spacial score (nSPS) is 13.7. The summed E-state index contributed by atoms with van der Waals surface area (Å²) in [4.78, 5) is 25.4. The van der Waals surface area contributed by atoms with Gasteiger partial charge in [0.1, 0.15) is 17.0 Å². The maximum atomic E-state index is 12.9. The third-order valence-electron chi connectivity index (χ3n) is 7.58. The van der Waals surface area contributed by atoms with Gasteiger partial charge in [0, 0.05) is 41.2 Å². The van der Waals surface area contributed by atoms with Crippen LogP contribution < -0.4 is 14.8 Å². The lowest BCUT2D eigenvalue weighted by Gasteiger charge is -2.13. The fraction of sp³-hybridized carbons (Fsp3) is 0.290.